The van der Waals surface area contributed by atoms with Crippen molar-refractivity contribution in [2.24, 2.45) is 0 Å². The van der Waals surface area contributed by atoms with Crippen LogP contribution in [0.15, 0.2) is 64.2 Å². The Morgan fingerprint density at radius 3 is 2.70 bits per heavy atom. The summed E-state index contributed by atoms with van der Waals surface area (Å²) in [4.78, 5) is 12.3. The molecule has 1 aromatic heterocycles. The summed E-state index contributed by atoms with van der Waals surface area (Å²) in [6, 6.07) is 17.2. The van der Waals surface area contributed by atoms with Gasteiger partial charge in [0.25, 0.3) is 5.91 Å². The van der Waals surface area contributed by atoms with E-state index in [-0.39, 0.29) is 11.0 Å². The molecule has 0 unspecified atom stereocenters. The summed E-state index contributed by atoms with van der Waals surface area (Å²) in [5, 5.41) is 11.7. The monoisotopic (exact) mass is 461 g/mol. The summed E-state index contributed by atoms with van der Waals surface area (Å²) >= 11 is 10.1. The van der Waals surface area contributed by atoms with E-state index in [4.69, 9.17) is 12.2 Å². The highest BCUT2D eigenvalue weighted by molar-refractivity contribution is 9.10. The molecule has 0 spiro atoms. The van der Waals surface area contributed by atoms with Crippen LogP contribution in [0.1, 0.15) is 21.7 Å². The molecule has 3 aromatic rings. The van der Waals surface area contributed by atoms with Gasteiger partial charge in [0.1, 0.15) is 5.82 Å². The van der Waals surface area contributed by atoms with Gasteiger partial charge in [-0.2, -0.15) is 0 Å². The van der Waals surface area contributed by atoms with Crippen molar-refractivity contribution in [3.8, 4) is 0 Å². The van der Waals surface area contributed by atoms with Crippen LogP contribution in [0, 0.1) is 6.92 Å². The van der Waals surface area contributed by atoms with Gasteiger partial charge in [-0.15, -0.1) is 10.2 Å². The van der Waals surface area contributed by atoms with E-state index in [1.807, 2.05) is 31.2 Å². The van der Waals surface area contributed by atoms with Crippen LogP contribution in [-0.2, 0) is 5.75 Å². The number of thiocarbonyl (C=S) groups is 1. The molecule has 0 atom stereocenters. The highest BCUT2D eigenvalue weighted by Crippen LogP contribution is 2.20. The first kappa shape index (κ1) is 19.5. The molecule has 0 fully saturated rings. The van der Waals surface area contributed by atoms with Gasteiger partial charge in [-0.3, -0.25) is 15.5 Å². The molecule has 2 aromatic carbocycles. The van der Waals surface area contributed by atoms with Crippen molar-refractivity contribution in [1.29, 1.82) is 0 Å². The summed E-state index contributed by atoms with van der Waals surface area (Å²) < 4.78 is 2.49. The Bertz CT molecular complexity index is 961. The fourth-order valence-electron chi connectivity index (χ4n) is 2.22. The van der Waals surface area contributed by atoms with E-state index < -0.39 is 0 Å². The minimum atomic E-state index is -0.294. The number of nitrogens with zero attached hydrogens (tertiary/aromatic N) is 3. The van der Waals surface area contributed by atoms with Crippen LogP contribution >= 0.6 is 39.9 Å². The van der Waals surface area contributed by atoms with Crippen LogP contribution in [0.25, 0.3) is 0 Å². The van der Waals surface area contributed by atoms with Crippen molar-refractivity contribution in [2.45, 2.75) is 17.8 Å². The van der Waals surface area contributed by atoms with E-state index in [0.29, 0.717) is 16.5 Å². The van der Waals surface area contributed by atoms with Crippen molar-refractivity contribution in [1.82, 2.24) is 20.2 Å². The van der Waals surface area contributed by atoms with Crippen LogP contribution in [0.4, 0.5) is 0 Å². The molecule has 3 rings (SSSR count). The topological polar surface area (TPSA) is 71.8 Å². The van der Waals surface area contributed by atoms with Crippen LogP contribution < -0.4 is 10.7 Å². The fourth-order valence-corrected chi connectivity index (χ4v) is 3.70. The molecular weight excluding hydrogens is 446 g/mol. The predicted octanol–water partition coefficient (Wildman–Crippen LogP) is 3.90. The van der Waals surface area contributed by atoms with Gasteiger partial charge in [-0.1, -0.05) is 64.1 Å². The first-order valence-electron chi connectivity index (χ1n) is 7.99. The Morgan fingerprint density at radius 1 is 1.19 bits per heavy atom. The molecule has 0 saturated carbocycles. The molecule has 1 amide bonds. The van der Waals surface area contributed by atoms with Gasteiger partial charge in [-0.05, 0) is 42.9 Å². The number of hydrogen-bond acceptors (Lipinski definition) is 5. The number of amides is 1. The molecule has 0 radical (unpaired) electrons. The molecule has 0 bridgehead atoms. The Hall–Kier alpha value is -2.23. The summed E-state index contributed by atoms with van der Waals surface area (Å²) in [5.74, 6) is 1.10. The van der Waals surface area contributed by atoms with Crippen LogP contribution in [0.5, 0.6) is 0 Å². The molecule has 6 nitrogen and oxygen atoms in total. The highest BCUT2D eigenvalue weighted by Gasteiger charge is 2.13. The fraction of sp³-hybridized carbons (Fsp3) is 0.111. The van der Waals surface area contributed by atoms with Gasteiger partial charge in [0, 0.05) is 15.8 Å². The molecule has 0 aliphatic heterocycles. The lowest BCUT2D eigenvalue weighted by molar-refractivity contribution is 0.0977. The van der Waals surface area contributed by atoms with Crippen molar-refractivity contribution in [3.63, 3.8) is 0 Å². The smallest absolute Gasteiger partial charge is 0.257 e. The predicted molar refractivity (Wildman–Crippen MR) is 114 cm³/mol. The lowest BCUT2D eigenvalue weighted by atomic mass is 10.2. The quantitative estimate of drug-likeness (QED) is 0.443. The maximum Gasteiger partial charge on any atom is 0.257 e. The minimum absolute atomic E-state index is 0.171. The highest BCUT2D eigenvalue weighted by atomic mass is 79.9. The lowest BCUT2D eigenvalue weighted by Crippen LogP contribution is -2.38. The maximum absolute atomic E-state index is 12.3. The van der Waals surface area contributed by atoms with Crippen molar-refractivity contribution in [3.05, 3.63) is 76.0 Å². The summed E-state index contributed by atoms with van der Waals surface area (Å²) in [7, 11) is 0. The van der Waals surface area contributed by atoms with E-state index in [9.17, 15) is 4.79 Å². The number of aryl methyl sites for hydroxylation is 1. The number of nitrogens with one attached hydrogen (secondary N) is 2. The van der Waals surface area contributed by atoms with Gasteiger partial charge in [0.15, 0.2) is 5.11 Å². The molecule has 138 valence electrons. The Kier molecular flexibility index (Phi) is 6.59. The number of carbonyl (C=O) groups excluding carboxylic acids is 1. The second kappa shape index (κ2) is 9.12. The van der Waals surface area contributed by atoms with Crippen molar-refractivity contribution >= 4 is 50.9 Å². The van der Waals surface area contributed by atoms with Crippen LogP contribution in [0.2, 0.25) is 0 Å². The van der Waals surface area contributed by atoms with E-state index in [1.165, 1.54) is 17.3 Å². The number of hydrogen-bond donors (Lipinski definition) is 2. The van der Waals surface area contributed by atoms with Gasteiger partial charge >= 0.3 is 0 Å². The molecular formula is C18H16BrN5OS2. The Labute approximate surface area is 174 Å². The third kappa shape index (κ3) is 5.38. The third-order valence-electron chi connectivity index (χ3n) is 3.53. The number of thioether (sulfide) groups is 1. The molecule has 0 aliphatic rings. The molecule has 9 heteroatoms. The van der Waals surface area contributed by atoms with E-state index in [0.717, 1.165) is 10.2 Å². The zero-order valence-corrected chi connectivity index (χ0v) is 17.6. The molecule has 0 saturated heterocycles. The number of halogens is 1. The SMILES string of the molecule is Cc1nnc(SCc2ccccc2)n1NC(=S)NC(=O)c1cccc(Br)c1. The number of benzene rings is 2. The number of carbonyl (C=O) groups is 1. The second-order valence-corrected chi connectivity index (χ2v) is 7.81. The maximum atomic E-state index is 12.3. The number of rotatable bonds is 5. The summed E-state index contributed by atoms with van der Waals surface area (Å²) in [5.41, 5.74) is 4.66. The van der Waals surface area contributed by atoms with Crippen molar-refractivity contribution in [2.75, 3.05) is 5.43 Å². The zero-order chi connectivity index (χ0) is 19.2. The van der Waals surface area contributed by atoms with Gasteiger partial charge < -0.3 is 0 Å². The second-order valence-electron chi connectivity index (χ2n) is 5.54. The summed E-state index contributed by atoms with van der Waals surface area (Å²) in [6.45, 7) is 1.81. The van der Waals surface area contributed by atoms with E-state index in [2.05, 4.69) is 49.0 Å². The molecule has 1 heterocycles. The average Bonchev–Trinajstić information content (AvgIpc) is 3.00. The third-order valence-corrected chi connectivity index (χ3v) is 5.22. The lowest BCUT2D eigenvalue weighted by Gasteiger charge is -2.13. The zero-order valence-electron chi connectivity index (χ0n) is 14.3. The van der Waals surface area contributed by atoms with Crippen molar-refractivity contribution < 1.29 is 4.79 Å². The molecule has 2 N–H and O–H groups in total. The van der Waals surface area contributed by atoms with E-state index in [1.54, 1.807) is 22.9 Å². The van der Waals surface area contributed by atoms with Gasteiger partial charge in [-0.25, -0.2) is 4.68 Å². The van der Waals surface area contributed by atoms with E-state index >= 15 is 0 Å². The molecule has 27 heavy (non-hydrogen) atoms. The Balaban J connectivity index is 1.64. The van der Waals surface area contributed by atoms with Crippen LogP contribution in [-0.4, -0.2) is 25.9 Å². The first-order chi connectivity index (χ1) is 13.0. The first-order valence-corrected chi connectivity index (χ1v) is 10.2. The normalized spacial score (nSPS) is 10.4. The largest absolute Gasteiger partial charge is 0.298 e. The van der Waals surface area contributed by atoms with Gasteiger partial charge in [0.2, 0.25) is 5.16 Å². The average molecular weight is 462 g/mol. The molecule has 0 aliphatic carbocycles. The Morgan fingerprint density at radius 2 is 1.96 bits per heavy atom. The van der Waals surface area contributed by atoms with Gasteiger partial charge in [0.05, 0.1) is 0 Å². The minimum Gasteiger partial charge on any atom is -0.298 e. The van der Waals surface area contributed by atoms with Crippen LogP contribution in [0.3, 0.4) is 0 Å². The number of aromatic nitrogens is 3. The summed E-state index contributed by atoms with van der Waals surface area (Å²) in [6.07, 6.45) is 0. The standard InChI is InChI=1S/C18H16BrN5OS2/c1-12-21-22-18(27-11-13-6-3-2-4-7-13)24(12)23-17(26)20-16(25)14-8-5-9-15(19)10-14/h2-10H,11H2,1H3,(H2,20,23,25,26).